The first-order valence-corrected chi connectivity index (χ1v) is 19.9. The summed E-state index contributed by atoms with van der Waals surface area (Å²) in [5.41, 5.74) is 15.0. The lowest BCUT2D eigenvalue weighted by atomic mass is 9.61. The van der Waals surface area contributed by atoms with Crippen molar-refractivity contribution < 1.29 is 0 Å². The van der Waals surface area contributed by atoms with Crippen molar-refractivity contribution in [2.45, 2.75) is 51.4 Å². The molecule has 8 aromatic carbocycles. The van der Waals surface area contributed by atoms with Crippen LogP contribution >= 0.6 is 0 Å². The van der Waals surface area contributed by atoms with E-state index < -0.39 is 0 Å². The fourth-order valence-electron chi connectivity index (χ4n) is 8.82. The quantitative estimate of drug-likeness (QED) is 0.154. The molecule has 1 aliphatic carbocycles. The highest BCUT2D eigenvalue weighted by Gasteiger charge is 2.38. The third kappa shape index (κ3) is 6.56. The van der Waals surface area contributed by atoms with E-state index in [0.717, 1.165) is 34.1 Å². The summed E-state index contributed by atoms with van der Waals surface area (Å²) in [6.07, 6.45) is 2.39. The summed E-state index contributed by atoms with van der Waals surface area (Å²) < 4.78 is 0. The predicted molar refractivity (Wildman–Crippen MR) is 239 cm³/mol. The van der Waals surface area contributed by atoms with E-state index in [9.17, 15) is 0 Å². The van der Waals surface area contributed by atoms with E-state index in [1.807, 2.05) is 0 Å². The summed E-state index contributed by atoms with van der Waals surface area (Å²) in [4.78, 5) is 4.73. The topological polar surface area (TPSA) is 6.48 Å². The Morgan fingerprint density at radius 3 is 1.55 bits per heavy atom. The molecule has 8 aromatic rings. The molecule has 0 spiro atoms. The molecular formula is C54H48N2. The van der Waals surface area contributed by atoms with Gasteiger partial charge in [-0.1, -0.05) is 155 Å². The first-order valence-electron chi connectivity index (χ1n) is 19.9. The number of para-hydroxylation sites is 2. The van der Waals surface area contributed by atoms with Gasteiger partial charge in [0.1, 0.15) is 0 Å². The largest absolute Gasteiger partial charge is 0.310 e. The highest BCUT2D eigenvalue weighted by atomic mass is 15.1. The van der Waals surface area contributed by atoms with Crippen molar-refractivity contribution in [3.63, 3.8) is 0 Å². The molecule has 0 fully saturated rings. The van der Waals surface area contributed by atoms with E-state index in [0.29, 0.717) is 0 Å². The molecule has 0 radical (unpaired) electrons. The number of rotatable bonds is 8. The number of anilines is 6. The van der Waals surface area contributed by atoms with Gasteiger partial charge in [-0.3, -0.25) is 0 Å². The van der Waals surface area contributed by atoms with Gasteiger partial charge >= 0.3 is 0 Å². The van der Waals surface area contributed by atoms with Gasteiger partial charge in [0.15, 0.2) is 0 Å². The van der Waals surface area contributed by atoms with E-state index in [2.05, 4.69) is 232 Å². The normalized spacial score (nSPS) is 14.2. The van der Waals surface area contributed by atoms with Crippen molar-refractivity contribution in [2.75, 3.05) is 9.80 Å². The van der Waals surface area contributed by atoms with Gasteiger partial charge in [0.2, 0.25) is 0 Å². The first kappa shape index (κ1) is 35.3. The van der Waals surface area contributed by atoms with Gasteiger partial charge in [0, 0.05) is 33.8 Å². The molecule has 0 unspecified atom stereocenters. The van der Waals surface area contributed by atoms with Gasteiger partial charge in [-0.05, 0) is 129 Å². The standard InChI is InChI=1S/C54H48N2/c1-53(2)36-37-54(3,4)52-49(25-15-26-50(52)53)42-18-13-23-47(38-42)55(43-19-7-5-8-20-43)45-32-28-39(29-33-45)40-30-34-46(35-31-40)56(44-21-9-6-10-22-44)51-27-14-17-41-16-11-12-24-48(41)51/h5-35,38H,36-37H2,1-4H3. The van der Waals surface area contributed by atoms with Crippen molar-refractivity contribution in [3.8, 4) is 22.3 Å². The van der Waals surface area contributed by atoms with Crippen molar-refractivity contribution in [2.24, 2.45) is 0 Å². The molecule has 0 bridgehead atoms. The van der Waals surface area contributed by atoms with E-state index >= 15 is 0 Å². The average molecular weight is 725 g/mol. The average Bonchev–Trinajstić information content (AvgIpc) is 3.24. The fourth-order valence-corrected chi connectivity index (χ4v) is 8.82. The molecule has 0 amide bonds. The minimum atomic E-state index is 0.111. The number of hydrogen-bond acceptors (Lipinski definition) is 2. The van der Waals surface area contributed by atoms with Crippen molar-refractivity contribution in [1.82, 2.24) is 0 Å². The Morgan fingerprint density at radius 2 is 0.875 bits per heavy atom. The summed E-state index contributed by atoms with van der Waals surface area (Å²) in [5.74, 6) is 0. The Labute approximate surface area is 332 Å². The molecule has 56 heavy (non-hydrogen) atoms. The zero-order valence-corrected chi connectivity index (χ0v) is 32.8. The van der Waals surface area contributed by atoms with Gasteiger partial charge in [-0.2, -0.15) is 0 Å². The van der Waals surface area contributed by atoms with E-state index in [1.54, 1.807) is 0 Å². The minimum Gasteiger partial charge on any atom is -0.310 e. The second kappa shape index (κ2) is 14.4. The predicted octanol–water partition coefficient (Wildman–Crippen LogP) is 15.5. The second-order valence-corrected chi connectivity index (χ2v) is 16.5. The Balaban J connectivity index is 1.06. The molecule has 0 N–H and O–H groups in total. The number of benzene rings is 8. The van der Waals surface area contributed by atoms with Gasteiger partial charge in [0.25, 0.3) is 0 Å². The summed E-state index contributed by atoms with van der Waals surface area (Å²) in [6, 6.07) is 70.6. The van der Waals surface area contributed by atoms with E-state index in [4.69, 9.17) is 0 Å². The summed E-state index contributed by atoms with van der Waals surface area (Å²) >= 11 is 0. The fraction of sp³-hybridized carbons (Fsp3) is 0.148. The summed E-state index contributed by atoms with van der Waals surface area (Å²) in [6.45, 7) is 9.65. The smallest absolute Gasteiger partial charge is 0.0540 e. The van der Waals surface area contributed by atoms with Crippen LogP contribution in [0.15, 0.2) is 194 Å². The number of hydrogen-bond donors (Lipinski definition) is 0. The van der Waals surface area contributed by atoms with Gasteiger partial charge < -0.3 is 9.80 Å². The van der Waals surface area contributed by atoms with Crippen LogP contribution in [0.5, 0.6) is 0 Å². The molecule has 0 atom stereocenters. The van der Waals surface area contributed by atoms with Gasteiger partial charge in [-0.25, -0.2) is 0 Å². The first-order chi connectivity index (χ1) is 27.3. The zero-order chi connectivity index (χ0) is 38.3. The molecule has 0 heterocycles. The zero-order valence-electron chi connectivity index (χ0n) is 32.8. The van der Waals surface area contributed by atoms with Crippen LogP contribution in [0.2, 0.25) is 0 Å². The monoisotopic (exact) mass is 724 g/mol. The van der Waals surface area contributed by atoms with Crippen molar-refractivity contribution in [1.29, 1.82) is 0 Å². The maximum atomic E-state index is 2.42. The second-order valence-electron chi connectivity index (χ2n) is 16.5. The van der Waals surface area contributed by atoms with E-state index in [-0.39, 0.29) is 10.8 Å². The van der Waals surface area contributed by atoms with Gasteiger partial charge in [-0.15, -0.1) is 0 Å². The molecule has 0 saturated carbocycles. The summed E-state index contributed by atoms with van der Waals surface area (Å²) in [7, 11) is 0. The number of fused-ring (bicyclic) bond motifs is 2. The van der Waals surface area contributed by atoms with Crippen LogP contribution in [-0.2, 0) is 10.8 Å². The Morgan fingerprint density at radius 1 is 0.375 bits per heavy atom. The highest BCUT2D eigenvalue weighted by Crippen LogP contribution is 2.50. The third-order valence-electron chi connectivity index (χ3n) is 11.9. The van der Waals surface area contributed by atoms with Crippen LogP contribution in [0.1, 0.15) is 51.7 Å². The molecule has 2 nitrogen and oxygen atoms in total. The number of nitrogens with zero attached hydrogens (tertiary/aromatic N) is 2. The molecular weight excluding hydrogens is 677 g/mol. The lowest BCUT2D eigenvalue weighted by molar-refractivity contribution is 0.333. The molecule has 0 aliphatic heterocycles. The van der Waals surface area contributed by atoms with Crippen LogP contribution in [0.4, 0.5) is 34.1 Å². The van der Waals surface area contributed by atoms with Crippen LogP contribution in [0, 0.1) is 0 Å². The van der Waals surface area contributed by atoms with Gasteiger partial charge in [0.05, 0.1) is 5.69 Å². The molecule has 1 aliphatic rings. The molecule has 0 aromatic heterocycles. The highest BCUT2D eigenvalue weighted by molar-refractivity contribution is 5.99. The Kier molecular flexibility index (Phi) is 9.06. The van der Waals surface area contributed by atoms with Crippen LogP contribution < -0.4 is 9.80 Å². The third-order valence-corrected chi connectivity index (χ3v) is 11.9. The molecule has 0 saturated heterocycles. The van der Waals surface area contributed by atoms with E-state index in [1.165, 1.54) is 57.0 Å². The van der Waals surface area contributed by atoms with Crippen LogP contribution in [-0.4, -0.2) is 0 Å². The minimum absolute atomic E-state index is 0.111. The lowest BCUT2D eigenvalue weighted by Gasteiger charge is -2.43. The maximum Gasteiger partial charge on any atom is 0.0540 e. The SMILES string of the molecule is CC1(C)CCC(C)(C)c2c(-c3cccc(N(c4ccccc4)c4ccc(-c5ccc(N(c6ccccc6)c6cccc7ccccc67)cc5)cc4)c3)cccc21. The van der Waals surface area contributed by atoms with Crippen molar-refractivity contribution in [3.05, 3.63) is 205 Å². The van der Waals surface area contributed by atoms with Crippen molar-refractivity contribution >= 4 is 44.9 Å². The van der Waals surface area contributed by atoms with Crippen LogP contribution in [0.25, 0.3) is 33.0 Å². The lowest BCUT2D eigenvalue weighted by Crippen LogP contribution is -2.34. The Hall–Kier alpha value is -6.38. The summed E-state index contributed by atoms with van der Waals surface area (Å²) in [5, 5.41) is 2.45. The molecule has 274 valence electrons. The molecule has 2 heteroatoms. The van der Waals surface area contributed by atoms with Crippen LogP contribution in [0.3, 0.4) is 0 Å². The Bertz CT molecular complexity index is 2620. The molecule has 9 rings (SSSR count). The maximum absolute atomic E-state index is 2.42.